The third-order valence-electron chi connectivity index (χ3n) is 3.60. The van der Waals surface area contributed by atoms with E-state index in [-0.39, 0.29) is 23.2 Å². The van der Waals surface area contributed by atoms with Gasteiger partial charge in [0.25, 0.3) is 0 Å². The lowest BCUT2D eigenvalue weighted by Gasteiger charge is -2.29. The van der Waals surface area contributed by atoms with E-state index in [1.165, 1.54) is 0 Å². The van der Waals surface area contributed by atoms with Crippen molar-refractivity contribution in [3.8, 4) is 0 Å². The summed E-state index contributed by atoms with van der Waals surface area (Å²) in [5.41, 5.74) is -1.05. The molecule has 0 radical (unpaired) electrons. The first kappa shape index (κ1) is 14.2. The quantitative estimate of drug-likeness (QED) is 0.637. The molecule has 0 saturated carbocycles. The zero-order valence-electron chi connectivity index (χ0n) is 11.1. The average molecular weight is 281 g/mol. The van der Waals surface area contributed by atoms with Crippen LogP contribution in [0.2, 0.25) is 0 Å². The highest BCUT2D eigenvalue weighted by Crippen LogP contribution is 2.32. The number of hydrogen-bond acceptors (Lipinski definition) is 6. The number of nitrogens with zero attached hydrogens (tertiary/aromatic N) is 2. The molecule has 0 amide bonds. The Balaban J connectivity index is 2.36. The van der Waals surface area contributed by atoms with Gasteiger partial charge in [0.15, 0.2) is 0 Å². The number of aromatic nitrogens is 1. The molecule has 0 spiro atoms. The molecule has 20 heavy (non-hydrogen) atoms. The highest BCUT2D eigenvalue weighted by atomic mass is 16.6. The number of anilines is 1. The van der Waals surface area contributed by atoms with Crippen molar-refractivity contribution in [1.29, 1.82) is 0 Å². The van der Waals surface area contributed by atoms with Crippen molar-refractivity contribution in [3.63, 3.8) is 0 Å². The summed E-state index contributed by atoms with van der Waals surface area (Å²) in [6.45, 7) is 4.32. The van der Waals surface area contributed by atoms with Crippen molar-refractivity contribution in [1.82, 2.24) is 4.98 Å². The minimum atomic E-state index is -1.25. The van der Waals surface area contributed by atoms with Gasteiger partial charge >= 0.3 is 11.7 Å². The predicted octanol–water partition coefficient (Wildman–Crippen LogP) is 1.67. The van der Waals surface area contributed by atoms with Crippen LogP contribution >= 0.6 is 0 Å². The fourth-order valence-electron chi connectivity index (χ4n) is 2.08. The minimum absolute atomic E-state index is 0.0554. The number of carboxylic acid groups (broad SMARTS) is 1. The predicted molar refractivity (Wildman–Crippen MR) is 69.9 cm³/mol. The van der Waals surface area contributed by atoms with Gasteiger partial charge in [0.2, 0.25) is 5.82 Å². The SMILES string of the molecule is CC1OCCC1(C)Nc1ncc(C(=O)O)cc1[N+](=O)[O-]. The molecule has 1 aliphatic rings. The lowest BCUT2D eigenvalue weighted by molar-refractivity contribution is -0.384. The number of pyridine rings is 1. The lowest BCUT2D eigenvalue weighted by Crippen LogP contribution is -2.41. The molecule has 1 saturated heterocycles. The second-order valence-corrected chi connectivity index (χ2v) is 4.96. The molecule has 108 valence electrons. The highest BCUT2D eigenvalue weighted by molar-refractivity contribution is 5.88. The van der Waals surface area contributed by atoms with Crippen LogP contribution in [0.4, 0.5) is 11.5 Å². The number of carbonyl (C=O) groups is 1. The first-order valence-electron chi connectivity index (χ1n) is 6.11. The van der Waals surface area contributed by atoms with Crippen molar-refractivity contribution >= 4 is 17.5 Å². The van der Waals surface area contributed by atoms with E-state index in [0.717, 1.165) is 12.3 Å². The average Bonchev–Trinajstić information content (AvgIpc) is 2.69. The van der Waals surface area contributed by atoms with E-state index in [4.69, 9.17) is 9.84 Å². The van der Waals surface area contributed by atoms with Crippen LogP contribution in [0.25, 0.3) is 0 Å². The van der Waals surface area contributed by atoms with E-state index in [2.05, 4.69) is 10.3 Å². The van der Waals surface area contributed by atoms with Crippen LogP contribution in [0.1, 0.15) is 30.6 Å². The van der Waals surface area contributed by atoms with E-state index in [1.807, 2.05) is 13.8 Å². The molecule has 0 aromatic carbocycles. The van der Waals surface area contributed by atoms with Crippen LogP contribution in [0.15, 0.2) is 12.3 Å². The van der Waals surface area contributed by atoms with Gasteiger partial charge in [-0.25, -0.2) is 9.78 Å². The Morgan fingerprint density at radius 2 is 2.40 bits per heavy atom. The van der Waals surface area contributed by atoms with E-state index in [0.29, 0.717) is 13.0 Å². The number of nitro groups is 1. The molecule has 0 bridgehead atoms. The molecule has 2 heterocycles. The summed E-state index contributed by atoms with van der Waals surface area (Å²) in [6, 6.07) is 1.00. The van der Waals surface area contributed by atoms with Gasteiger partial charge in [-0.3, -0.25) is 10.1 Å². The number of rotatable bonds is 4. The molecule has 2 N–H and O–H groups in total. The molecule has 1 aliphatic heterocycles. The summed E-state index contributed by atoms with van der Waals surface area (Å²) in [4.78, 5) is 25.1. The molecule has 8 heteroatoms. The Kier molecular flexibility index (Phi) is 3.58. The van der Waals surface area contributed by atoms with Gasteiger partial charge in [-0.1, -0.05) is 0 Å². The third-order valence-corrected chi connectivity index (χ3v) is 3.60. The summed E-state index contributed by atoms with van der Waals surface area (Å²) in [5.74, 6) is -1.20. The largest absolute Gasteiger partial charge is 0.478 e. The molecule has 1 aromatic rings. The van der Waals surface area contributed by atoms with E-state index >= 15 is 0 Å². The van der Waals surface area contributed by atoms with Crippen molar-refractivity contribution in [2.75, 3.05) is 11.9 Å². The van der Waals surface area contributed by atoms with Crippen molar-refractivity contribution in [2.45, 2.75) is 31.9 Å². The molecule has 2 atom stereocenters. The van der Waals surface area contributed by atoms with Crippen LogP contribution in [0, 0.1) is 10.1 Å². The Labute approximate surface area is 114 Å². The highest BCUT2D eigenvalue weighted by Gasteiger charge is 2.38. The van der Waals surface area contributed by atoms with Crippen LogP contribution < -0.4 is 5.32 Å². The summed E-state index contributed by atoms with van der Waals surface area (Å²) < 4.78 is 5.45. The summed E-state index contributed by atoms with van der Waals surface area (Å²) >= 11 is 0. The second-order valence-electron chi connectivity index (χ2n) is 4.96. The summed E-state index contributed by atoms with van der Waals surface area (Å²) in [6.07, 6.45) is 1.66. The van der Waals surface area contributed by atoms with Crippen LogP contribution in [0.5, 0.6) is 0 Å². The molecule has 0 aliphatic carbocycles. The first-order chi connectivity index (χ1) is 9.33. The maximum atomic E-state index is 11.1. The maximum Gasteiger partial charge on any atom is 0.337 e. The fourth-order valence-corrected chi connectivity index (χ4v) is 2.08. The van der Waals surface area contributed by atoms with Gasteiger partial charge in [0, 0.05) is 18.9 Å². The topological polar surface area (TPSA) is 115 Å². The lowest BCUT2D eigenvalue weighted by atomic mass is 9.94. The zero-order chi connectivity index (χ0) is 14.9. The molecular weight excluding hydrogens is 266 g/mol. The number of carboxylic acids is 1. The van der Waals surface area contributed by atoms with Crippen molar-refractivity contribution < 1.29 is 19.6 Å². The molecule has 1 aromatic heterocycles. The van der Waals surface area contributed by atoms with Gasteiger partial charge in [-0.15, -0.1) is 0 Å². The Morgan fingerprint density at radius 1 is 1.70 bits per heavy atom. The smallest absolute Gasteiger partial charge is 0.337 e. The normalized spacial score (nSPS) is 25.4. The Bertz CT molecular complexity index is 562. The van der Waals surface area contributed by atoms with E-state index in [9.17, 15) is 14.9 Å². The molecular formula is C12H15N3O5. The van der Waals surface area contributed by atoms with Crippen molar-refractivity contribution in [2.24, 2.45) is 0 Å². The molecule has 2 rings (SSSR count). The molecule has 2 unspecified atom stereocenters. The van der Waals surface area contributed by atoms with Crippen LogP contribution in [-0.2, 0) is 4.74 Å². The van der Waals surface area contributed by atoms with Gasteiger partial charge in [-0.05, 0) is 20.3 Å². The standard InChI is InChI=1S/C12H15N3O5/c1-7-12(2,3-4-20-7)14-10-9(15(18)19)5-8(6-13-10)11(16)17/h5-7H,3-4H2,1-2H3,(H,13,14)(H,16,17). The number of aromatic carboxylic acids is 1. The van der Waals surface area contributed by atoms with Gasteiger partial charge in [0.1, 0.15) is 0 Å². The Morgan fingerprint density at radius 3 is 2.90 bits per heavy atom. The van der Waals surface area contributed by atoms with Crippen molar-refractivity contribution in [3.05, 3.63) is 27.9 Å². The second kappa shape index (κ2) is 5.04. The number of hydrogen-bond donors (Lipinski definition) is 2. The van der Waals surface area contributed by atoms with E-state index in [1.54, 1.807) is 0 Å². The molecule has 8 nitrogen and oxygen atoms in total. The monoisotopic (exact) mass is 281 g/mol. The first-order valence-corrected chi connectivity index (χ1v) is 6.11. The summed E-state index contributed by atoms with van der Waals surface area (Å²) in [7, 11) is 0. The van der Waals surface area contributed by atoms with Gasteiger partial charge < -0.3 is 15.2 Å². The van der Waals surface area contributed by atoms with Crippen LogP contribution in [0.3, 0.4) is 0 Å². The van der Waals surface area contributed by atoms with Gasteiger partial charge in [0.05, 0.1) is 22.1 Å². The van der Waals surface area contributed by atoms with Gasteiger partial charge in [-0.2, -0.15) is 0 Å². The maximum absolute atomic E-state index is 11.1. The minimum Gasteiger partial charge on any atom is -0.478 e. The Hall–Kier alpha value is -2.22. The fraction of sp³-hybridized carbons (Fsp3) is 0.500. The van der Waals surface area contributed by atoms with Crippen LogP contribution in [-0.4, -0.2) is 39.2 Å². The number of ether oxygens (including phenoxy) is 1. The third kappa shape index (κ3) is 2.55. The van der Waals surface area contributed by atoms with E-state index < -0.39 is 16.4 Å². The zero-order valence-corrected chi connectivity index (χ0v) is 11.1. The summed E-state index contributed by atoms with van der Waals surface area (Å²) in [5, 5.41) is 22.9. The molecule has 1 fully saturated rings. The number of nitrogens with one attached hydrogen (secondary N) is 1.